The van der Waals surface area contributed by atoms with E-state index >= 15 is 0 Å². The maximum absolute atomic E-state index is 12.8. The lowest BCUT2D eigenvalue weighted by Crippen LogP contribution is -2.50. The van der Waals surface area contributed by atoms with E-state index in [-0.39, 0.29) is 17.9 Å². The van der Waals surface area contributed by atoms with Crippen LogP contribution in [0, 0.1) is 0 Å². The van der Waals surface area contributed by atoms with Gasteiger partial charge in [0.2, 0.25) is 11.8 Å². The zero-order chi connectivity index (χ0) is 18.4. The van der Waals surface area contributed by atoms with E-state index in [9.17, 15) is 9.59 Å². The van der Waals surface area contributed by atoms with E-state index in [1.54, 1.807) is 17.0 Å². The molecule has 1 aromatic carbocycles. The van der Waals surface area contributed by atoms with Gasteiger partial charge in [0, 0.05) is 19.0 Å². The Bertz CT molecular complexity index is 615. The van der Waals surface area contributed by atoms with Crippen LogP contribution in [0.4, 0.5) is 0 Å². The van der Waals surface area contributed by atoms with Crippen LogP contribution in [0.25, 0.3) is 0 Å². The second kappa shape index (κ2) is 9.44. The number of hydrogen-bond acceptors (Lipinski definition) is 2. The Labute approximate surface area is 159 Å². The summed E-state index contributed by atoms with van der Waals surface area (Å²) in [5.74, 6) is -0.101. The SMILES string of the molecule is CCC(=O)N(Cc1ccc(Cl)c(Cl)c1)[C@@H](CC)C(=O)NC1CCCC1. The average Bonchev–Trinajstić information content (AvgIpc) is 3.10. The minimum Gasteiger partial charge on any atom is -0.352 e. The molecule has 0 spiro atoms. The fraction of sp³-hybridized carbons (Fsp3) is 0.579. The standard InChI is InChI=1S/C19H26Cl2N2O2/c1-3-17(19(25)22-14-7-5-6-8-14)23(18(24)4-2)12-13-9-10-15(20)16(21)11-13/h9-11,14,17H,3-8,12H2,1-2H3,(H,22,25)/t17-/m0/s1. The zero-order valence-corrected chi connectivity index (χ0v) is 16.4. The van der Waals surface area contributed by atoms with E-state index in [0.29, 0.717) is 29.4 Å². The Kier molecular flexibility index (Phi) is 7.57. The molecule has 0 saturated heterocycles. The number of nitrogens with zero attached hydrogens (tertiary/aromatic N) is 1. The first-order chi connectivity index (χ1) is 12.0. The molecule has 0 bridgehead atoms. The normalized spacial score (nSPS) is 15.8. The Balaban J connectivity index is 2.16. The first-order valence-electron chi connectivity index (χ1n) is 9.00. The molecule has 138 valence electrons. The third kappa shape index (κ3) is 5.35. The summed E-state index contributed by atoms with van der Waals surface area (Å²) < 4.78 is 0. The molecule has 1 N–H and O–H groups in total. The van der Waals surface area contributed by atoms with E-state index in [1.807, 2.05) is 19.9 Å². The molecule has 1 aromatic rings. The fourth-order valence-corrected chi connectivity index (χ4v) is 3.65. The predicted molar refractivity (Wildman–Crippen MR) is 102 cm³/mol. The molecule has 1 fully saturated rings. The molecule has 0 aliphatic heterocycles. The van der Waals surface area contributed by atoms with Crippen LogP contribution in [0.15, 0.2) is 18.2 Å². The summed E-state index contributed by atoms with van der Waals surface area (Å²) in [6.45, 7) is 4.09. The van der Waals surface area contributed by atoms with Crippen molar-refractivity contribution in [3.05, 3.63) is 33.8 Å². The smallest absolute Gasteiger partial charge is 0.243 e. The maximum Gasteiger partial charge on any atom is 0.243 e. The Morgan fingerprint density at radius 1 is 1.20 bits per heavy atom. The van der Waals surface area contributed by atoms with Crippen LogP contribution in [-0.4, -0.2) is 28.8 Å². The molecule has 25 heavy (non-hydrogen) atoms. The molecule has 1 atom stereocenters. The minimum atomic E-state index is -0.470. The molecule has 0 aromatic heterocycles. The van der Waals surface area contributed by atoms with Crippen molar-refractivity contribution in [3.8, 4) is 0 Å². The number of carbonyl (C=O) groups excluding carboxylic acids is 2. The highest BCUT2D eigenvalue weighted by Crippen LogP contribution is 2.24. The number of rotatable bonds is 7. The molecular formula is C19H26Cl2N2O2. The second-order valence-corrected chi connectivity index (χ2v) is 7.35. The van der Waals surface area contributed by atoms with E-state index in [1.165, 1.54) is 0 Å². The molecule has 2 rings (SSSR count). The van der Waals surface area contributed by atoms with Crippen LogP contribution < -0.4 is 5.32 Å². The van der Waals surface area contributed by atoms with Crippen molar-refractivity contribution >= 4 is 35.0 Å². The Morgan fingerprint density at radius 3 is 2.44 bits per heavy atom. The van der Waals surface area contributed by atoms with Gasteiger partial charge in [-0.25, -0.2) is 0 Å². The van der Waals surface area contributed by atoms with E-state index in [4.69, 9.17) is 23.2 Å². The van der Waals surface area contributed by atoms with E-state index < -0.39 is 6.04 Å². The molecule has 1 saturated carbocycles. The third-order valence-corrected chi connectivity index (χ3v) is 5.47. The molecule has 0 unspecified atom stereocenters. The Hall–Kier alpha value is -1.26. The van der Waals surface area contributed by atoms with Crippen LogP contribution in [0.1, 0.15) is 57.9 Å². The lowest BCUT2D eigenvalue weighted by atomic mass is 10.1. The second-order valence-electron chi connectivity index (χ2n) is 6.54. The first-order valence-corrected chi connectivity index (χ1v) is 9.75. The summed E-state index contributed by atoms with van der Waals surface area (Å²) >= 11 is 12.1. The van der Waals surface area contributed by atoms with Crippen molar-refractivity contribution in [2.45, 2.75) is 71.0 Å². The molecular weight excluding hydrogens is 359 g/mol. The molecule has 6 heteroatoms. The third-order valence-electron chi connectivity index (χ3n) is 4.73. The van der Waals surface area contributed by atoms with Gasteiger partial charge in [-0.15, -0.1) is 0 Å². The topological polar surface area (TPSA) is 49.4 Å². The monoisotopic (exact) mass is 384 g/mol. The van der Waals surface area contributed by atoms with Gasteiger partial charge in [-0.3, -0.25) is 9.59 Å². The lowest BCUT2D eigenvalue weighted by molar-refractivity contribution is -0.141. The number of carbonyl (C=O) groups is 2. The van der Waals surface area contributed by atoms with Gasteiger partial charge >= 0.3 is 0 Å². The summed E-state index contributed by atoms with van der Waals surface area (Å²) in [6, 6.07) is 5.08. The summed E-state index contributed by atoms with van der Waals surface area (Å²) in [5.41, 5.74) is 0.864. The molecule has 0 heterocycles. The highest BCUT2D eigenvalue weighted by atomic mass is 35.5. The van der Waals surface area contributed by atoms with Gasteiger partial charge in [-0.05, 0) is 37.0 Å². The highest BCUT2D eigenvalue weighted by Gasteiger charge is 2.29. The largest absolute Gasteiger partial charge is 0.352 e. The quantitative estimate of drug-likeness (QED) is 0.748. The van der Waals surface area contributed by atoms with Gasteiger partial charge in [-0.2, -0.15) is 0 Å². The average molecular weight is 385 g/mol. The summed E-state index contributed by atoms with van der Waals surface area (Å²) in [4.78, 5) is 26.9. The predicted octanol–water partition coefficient (Wildman–Crippen LogP) is 4.57. The van der Waals surface area contributed by atoms with Gasteiger partial charge < -0.3 is 10.2 Å². The number of hydrogen-bond donors (Lipinski definition) is 1. The summed E-state index contributed by atoms with van der Waals surface area (Å²) in [5, 5.41) is 4.04. The van der Waals surface area contributed by atoms with Crippen molar-refractivity contribution in [2.75, 3.05) is 0 Å². The number of nitrogens with one attached hydrogen (secondary N) is 1. The van der Waals surface area contributed by atoms with Crippen molar-refractivity contribution < 1.29 is 9.59 Å². The number of halogens is 2. The van der Waals surface area contributed by atoms with Crippen LogP contribution in [0.3, 0.4) is 0 Å². The Morgan fingerprint density at radius 2 is 1.88 bits per heavy atom. The highest BCUT2D eigenvalue weighted by molar-refractivity contribution is 6.42. The lowest BCUT2D eigenvalue weighted by Gasteiger charge is -2.31. The van der Waals surface area contributed by atoms with Crippen molar-refractivity contribution in [1.82, 2.24) is 10.2 Å². The minimum absolute atomic E-state index is 0.0421. The van der Waals surface area contributed by atoms with Crippen LogP contribution in [0.5, 0.6) is 0 Å². The first kappa shape index (κ1) is 20.1. The van der Waals surface area contributed by atoms with Crippen molar-refractivity contribution in [3.63, 3.8) is 0 Å². The zero-order valence-electron chi connectivity index (χ0n) is 14.9. The fourth-order valence-electron chi connectivity index (χ4n) is 3.32. The van der Waals surface area contributed by atoms with Gasteiger partial charge in [0.25, 0.3) is 0 Å². The van der Waals surface area contributed by atoms with Gasteiger partial charge in [0.05, 0.1) is 10.0 Å². The van der Waals surface area contributed by atoms with Crippen LogP contribution >= 0.6 is 23.2 Å². The summed E-state index contributed by atoms with van der Waals surface area (Å²) in [6.07, 6.45) is 5.29. The molecule has 4 nitrogen and oxygen atoms in total. The van der Waals surface area contributed by atoms with Crippen molar-refractivity contribution in [2.24, 2.45) is 0 Å². The van der Waals surface area contributed by atoms with Gasteiger partial charge in [0.15, 0.2) is 0 Å². The van der Waals surface area contributed by atoms with E-state index in [0.717, 1.165) is 31.2 Å². The summed E-state index contributed by atoms with van der Waals surface area (Å²) in [7, 11) is 0. The van der Waals surface area contributed by atoms with Gasteiger partial charge in [0.1, 0.15) is 6.04 Å². The molecule has 1 aliphatic carbocycles. The number of amides is 2. The molecule has 1 aliphatic rings. The molecule has 0 radical (unpaired) electrons. The van der Waals surface area contributed by atoms with E-state index in [2.05, 4.69) is 5.32 Å². The van der Waals surface area contributed by atoms with Gasteiger partial charge in [-0.1, -0.05) is 56.0 Å². The number of benzene rings is 1. The van der Waals surface area contributed by atoms with Crippen molar-refractivity contribution in [1.29, 1.82) is 0 Å². The maximum atomic E-state index is 12.8. The van der Waals surface area contributed by atoms with Crippen LogP contribution in [0.2, 0.25) is 10.0 Å². The molecule has 2 amide bonds. The van der Waals surface area contributed by atoms with Crippen LogP contribution in [-0.2, 0) is 16.1 Å².